The van der Waals surface area contributed by atoms with E-state index in [0.29, 0.717) is 26.1 Å². The van der Waals surface area contributed by atoms with Crippen LogP contribution in [0.5, 0.6) is 0 Å². The second kappa shape index (κ2) is 6.69. The number of nitrogens with zero attached hydrogens (tertiary/aromatic N) is 2. The first-order chi connectivity index (χ1) is 12.2. The third-order valence-electron chi connectivity index (χ3n) is 4.62. The fourth-order valence-electron chi connectivity index (χ4n) is 3.27. The van der Waals surface area contributed by atoms with Crippen molar-refractivity contribution in [3.63, 3.8) is 0 Å². The van der Waals surface area contributed by atoms with Gasteiger partial charge in [0.05, 0.1) is 19.6 Å². The van der Waals surface area contributed by atoms with Crippen molar-refractivity contribution in [3.8, 4) is 0 Å². The Morgan fingerprint density at radius 1 is 1.28 bits per heavy atom. The molecular weight excluding hydrogens is 314 g/mol. The SMILES string of the molecule is Cc1cnc([C@H]2CN(C(=O)Cc3ccc4ccccc4c3)CCO2)[nH]1. The van der Waals surface area contributed by atoms with Gasteiger partial charge in [-0.3, -0.25) is 4.79 Å². The van der Waals surface area contributed by atoms with Gasteiger partial charge in [-0.2, -0.15) is 0 Å². The summed E-state index contributed by atoms with van der Waals surface area (Å²) in [5.41, 5.74) is 2.04. The molecule has 5 nitrogen and oxygen atoms in total. The number of carbonyl (C=O) groups is 1. The van der Waals surface area contributed by atoms with Crippen molar-refractivity contribution in [2.75, 3.05) is 19.7 Å². The maximum atomic E-state index is 12.7. The molecule has 1 atom stereocenters. The van der Waals surface area contributed by atoms with Crippen LogP contribution in [0.15, 0.2) is 48.7 Å². The lowest BCUT2D eigenvalue weighted by atomic mass is 10.0. The van der Waals surface area contributed by atoms with Crippen LogP contribution in [0.4, 0.5) is 0 Å². The van der Waals surface area contributed by atoms with Gasteiger partial charge in [-0.1, -0.05) is 42.5 Å². The molecule has 1 aromatic heterocycles. The average Bonchev–Trinajstić information content (AvgIpc) is 3.08. The van der Waals surface area contributed by atoms with Crippen LogP contribution in [0.25, 0.3) is 10.8 Å². The van der Waals surface area contributed by atoms with Crippen LogP contribution < -0.4 is 0 Å². The Kier molecular flexibility index (Phi) is 4.24. The van der Waals surface area contributed by atoms with E-state index < -0.39 is 0 Å². The fraction of sp³-hybridized carbons (Fsp3) is 0.300. The third-order valence-corrected chi connectivity index (χ3v) is 4.62. The van der Waals surface area contributed by atoms with Gasteiger partial charge in [-0.25, -0.2) is 4.98 Å². The van der Waals surface area contributed by atoms with E-state index in [1.165, 1.54) is 10.8 Å². The van der Waals surface area contributed by atoms with Crippen molar-refractivity contribution < 1.29 is 9.53 Å². The summed E-state index contributed by atoms with van der Waals surface area (Å²) in [6.45, 7) is 3.66. The number of rotatable bonds is 3. The van der Waals surface area contributed by atoms with Crippen molar-refractivity contribution in [1.29, 1.82) is 0 Å². The van der Waals surface area contributed by atoms with Gasteiger partial charge in [0.15, 0.2) is 0 Å². The van der Waals surface area contributed by atoms with Crippen molar-refractivity contribution in [2.24, 2.45) is 0 Å². The van der Waals surface area contributed by atoms with Gasteiger partial charge in [-0.15, -0.1) is 0 Å². The number of benzene rings is 2. The number of carbonyl (C=O) groups excluding carboxylic acids is 1. The minimum atomic E-state index is -0.178. The highest BCUT2D eigenvalue weighted by molar-refractivity contribution is 5.85. The van der Waals surface area contributed by atoms with E-state index >= 15 is 0 Å². The molecule has 1 aliphatic rings. The van der Waals surface area contributed by atoms with Gasteiger partial charge >= 0.3 is 0 Å². The van der Waals surface area contributed by atoms with Crippen LogP contribution in [0.3, 0.4) is 0 Å². The lowest BCUT2D eigenvalue weighted by Crippen LogP contribution is -2.43. The number of nitrogens with one attached hydrogen (secondary N) is 1. The first kappa shape index (κ1) is 15.8. The fourth-order valence-corrected chi connectivity index (χ4v) is 3.27. The Hall–Kier alpha value is -2.66. The number of imidazole rings is 1. The number of hydrogen-bond donors (Lipinski definition) is 1. The molecule has 2 heterocycles. The zero-order valence-electron chi connectivity index (χ0n) is 14.2. The molecule has 0 aliphatic carbocycles. The summed E-state index contributed by atoms with van der Waals surface area (Å²) in [7, 11) is 0. The number of ether oxygens (including phenoxy) is 1. The maximum Gasteiger partial charge on any atom is 0.227 e. The van der Waals surface area contributed by atoms with Gasteiger partial charge in [0, 0.05) is 18.4 Å². The van der Waals surface area contributed by atoms with Crippen molar-refractivity contribution in [3.05, 3.63) is 65.7 Å². The molecule has 1 fully saturated rings. The van der Waals surface area contributed by atoms with Crippen LogP contribution in [0, 0.1) is 6.92 Å². The van der Waals surface area contributed by atoms with Gasteiger partial charge in [0.2, 0.25) is 5.91 Å². The second-order valence-corrected chi connectivity index (χ2v) is 6.51. The number of amides is 1. The van der Waals surface area contributed by atoms with E-state index in [9.17, 15) is 4.79 Å². The largest absolute Gasteiger partial charge is 0.367 e. The van der Waals surface area contributed by atoms with Gasteiger partial charge in [0.1, 0.15) is 11.9 Å². The van der Waals surface area contributed by atoms with Crippen molar-refractivity contribution in [2.45, 2.75) is 19.4 Å². The Labute approximate surface area is 146 Å². The molecule has 1 amide bonds. The highest BCUT2D eigenvalue weighted by Crippen LogP contribution is 2.21. The molecule has 0 bridgehead atoms. The zero-order valence-corrected chi connectivity index (χ0v) is 14.2. The Bertz CT molecular complexity index is 903. The number of H-pyrrole nitrogens is 1. The predicted molar refractivity (Wildman–Crippen MR) is 96.2 cm³/mol. The van der Waals surface area contributed by atoms with Crippen LogP contribution in [-0.4, -0.2) is 40.5 Å². The third kappa shape index (κ3) is 3.42. The number of morpholine rings is 1. The van der Waals surface area contributed by atoms with Crippen LogP contribution >= 0.6 is 0 Å². The van der Waals surface area contributed by atoms with E-state index in [2.05, 4.69) is 34.2 Å². The van der Waals surface area contributed by atoms with E-state index in [1.54, 1.807) is 6.20 Å². The lowest BCUT2D eigenvalue weighted by Gasteiger charge is -2.32. The van der Waals surface area contributed by atoms with Gasteiger partial charge in [-0.05, 0) is 23.3 Å². The second-order valence-electron chi connectivity index (χ2n) is 6.51. The monoisotopic (exact) mass is 335 g/mol. The van der Waals surface area contributed by atoms with E-state index in [-0.39, 0.29) is 12.0 Å². The molecule has 5 heteroatoms. The highest BCUT2D eigenvalue weighted by Gasteiger charge is 2.27. The maximum absolute atomic E-state index is 12.7. The minimum absolute atomic E-state index is 0.131. The van der Waals surface area contributed by atoms with E-state index in [4.69, 9.17) is 4.74 Å². The van der Waals surface area contributed by atoms with Crippen molar-refractivity contribution in [1.82, 2.24) is 14.9 Å². The molecule has 0 radical (unpaired) electrons. The molecule has 1 aliphatic heterocycles. The van der Waals surface area contributed by atoms with E-state index in [1.807, 2.05) is 30.0 Å². The molecule has 1 N–H and O–H groups in total. The number of hydrogen-bond acceptors (Lipinski definition) is 3. The summed E-state index contributed by atoms with van der Waals surface area (Å²) in [4.78, 5) is 22.1. The average molecular weight is 335 g/mol. The molecule has 0 saturated carbocycles. The smallest absolute Gasteiger partial charge is 0.227 e. The molecule has 4 rings (SSSR count). The number of fused-ring (bicyclic) bond motifs is 1. The van der Waals surface area contributed by atoms with Crippen LogP contribution in [0.1, 0.15) is 23.2 Å². The number of aromatic nitrogens is 2. The molecule has 1 saturated heterocycles. The van der Waals surface area contributed by atoms with Crippen molar-refractivity contribution >= 4 is 16.7 Å². The zero-order chi connectivity index (χ0) is 17.2. The summed E-state index contributed by atoms with van der Waals surface area (Å²) >= 11 is 0. The van der Waals surface area contributed by atoms with Crippen LogP contribution in [0.2, 0.25) is 0 Å². The summed E-state index contributed by atoms with van der Waals surface area (Å²) in [5, 5.41) is 2.36. The first-order valence-corrected chi connectivity index (χ1v) is 8.57. The molecule has 2 aromatic carbocycles. The summed E-state index contributed by atoms with van der Waals surface area (Å²) in [5.74, 6) is 0.924. The summed E-state index contributed by atoms with van der Waals surface area (Å²) < 4.78 is 5.78. The molecule has 0 unspecified atom stereocenters. The summed E-state index contributed by atoms with van der Waals surface area (Å²) in [6.07, 6.45) is 2.02. The molecule has 3 aromatic rings. The van der Waals surface area contributed by atoms with Gasteiger partial charge < -0.3 is 14.6 Å². The summed E-state index contributed by atoms with van der Waals surface area (Å²) in [6, 6.07) is 14.4. The molecule has 128 valence electrons. The highest BCUT2D eigenvalue weighted by atomic mass is 16.5. The predicted octanol–water partition coefficient (Wildman–Crippen LogP) is 3.01. The van der Waals surface area contributed by atoms with E-state index in [0.717, 1.165) is 17.1 Å². The quantitative estimate of drug-likeness (QED) is 0.800. The first-order valence-electron chi connectivity index (χ1n) is 8.57. The Morgan fingerprint density at radius 2 is 2.12 bits per heavy atom. The molecular formula is C20H21N3O2. The van der Waals surface area contributed by atoms with Gasteiger partial charge in [0.25, 0.3) is 0 Å². The molecule has 25 heavy (non-hydrogen) atoms. The standard InChI is InChI=1S/C20H21N3O2/c1-14-12-21-20(22-14)18-13-23(8-9-25-18)19(24)11-15-6-7-16-4-2-3-5-17(16)10-15/h2-7,10,12,18H,8-9,11,13H2,1H3,(H,21,22)/t18-/m1/s1. The minimum Gasteiger partial charge on any atom is -0.367 e. The molecule has 0 spiro atoms. The normalized spacial score (nSPS) is 17.8. The number of aryl methyl sites for hydroxylation is 1. The Balaban J connectivity index is 1.46. The Morgan fingerprint density at radius 3 is 2.92 bits per heavy atom. The topological polar surface area (TPSA) is 58.2 Å². The lowest BCUT2D eigenvalue weighted by molar-refractivity contribution is -0.138. The van der Waals surface area contributed by atoms with Crippen LogP contribution in [-0.2, 0) is 16.0 Å². The number of aromatic amines is 1.